The van der Waals surface area contributed by atoms with Crippen LogP contribution in [0.1, 0.15) is 29.8 Å². The van der Waals surface area contributed by atoms with Crippen LogP contribution in [0.25, 0.3) is 11.3 Å². The summed E-state index contributed by atoms with van der Waals surface area (Å²) in [6, 6.07) is 15.9. The van der Waals surface area contributed by atoms with Gasteiger partial charge in [0.25, 0.3) is 0 Å². The van der Waals surface area contributed by atoms with Crippen LogP contribution in [0.2, 0.25) is 0 Å². The maximum atomic E-state index is 6.14. The molecule has 118 valence electrons. The number of nitrogens with two attached hydrogens (primary N) is 1. The quantitative estimate of drug-likeness (QED) is 0.701. The van der Waals surface area contributed by atoms with E-state index in [9.17, 15) is 0 Å². The minimum atomic E-state index is -0.107. The smallest absolute Gasteiger partial charge is 0.137 e. The van der Waals surface area contributed by atoms with Crippen LogP contribution in [-0.2, 0) is 0 Å². The Morgan fingerprint density at radius 1 is 1.04 bits per heavy atom. The van der Waals surface area contributed by atoms with Crippen molar-refractivity contribution >= 4 is 5.69 Å². The third-order valence-corrected chi connectivity index (χ3v) is 3.95. The lowest BCUT2D eigenvalue weighted by atomic mass is 10.1. The highest BCUT2D eigenvalue weighted by molar-refractivity contribution is 5.62. The molecule has 1 unspecified atom stereocenters. The van der Waals surface area contributed by atoms with E-state index < -0.39 is 0 Å². The van der Waals surface area contributed by atoms with Gasteiger partial charge in [-0.25, -0.2) is 0 Å². The van der Waals surface area contributed by atoms with Gasteiger partial charge in [0, 0.05) is 11.3 Å². The molecule has 1 heterocycles. The van der Waals surface area contributed by atoms with Gasteiger partial charge in [-0.2, -0.15) is 5.10 Å². The van der Waals surface area contributed by atoms with Crippen molar-refractivity contribution in [3.8, 4) is 17.0 Å². The number of nitrogens with one attached hydrogen (secondary N) is 1. The normalized spacial score (nSPS) is 12.1. The fraction of sp³-hybridized carbons (Fsp3) is 0.211. The largest absolute Gasteiger partial charge is 0.484 e. The first-order valence-corrected chi connectivity index (χ1v) is 7.68. The topological polar surface area (TPSA) is 63.9 Å². The van der Waals surface area contributed by atoms with E-state index in [2.05, 4.69) is 36.2 Å². The monoisotopic (exact) mass is 307 g/mol. The third kappa shape index (κ3) is 3.21. The average molecular weight is 307 g/mol. The van der Waals surface area contributed by atoms with Crippen LogP contribution in [0.4, 0.5) is 5.69 Å². The minimum absolute atomic E-state index is 0.107. The van der Waals surface area contributed by atoms with Crippen molar-refractivity contribution in [3.05, 3.63) is 65.4 Å². The first kappa shape index (κ1) is 15.2. The van der Waals surface area contributed by atoms with Crippen LogP contribution in [0.3, 0.4) is 0 Å². The Balaban J connectivity index is 1.81. The Morgan fingerprint density at radius 3 is 2.35 bits per heavy atom. The molecule has 3 rings (SSSR count). The molecule has 0 fully saturated rings. The number of H-pyrrole nitrogens is 1. The van der Waals surface area contributed by atoms with Gasteiger partial charge in [0.15, 0.2) is 0 Å². The van der Waals surface area contributed by atoms with E-state index in [0.29, 0.717) is 0 Å². The van der Waals surface area contributed by atoms with Gasteiger partial charge >= 0.3 is 0 Å². The second kappa shape index (κ2) is 6.16. The molecule has 0 aliphatic rings. The molecule has 1 atom stereocenters. The van der Waals surface area contributed by atoms with E-state index in [1.807, 2.05) is 43.3 Å². The number of nitrogen functional groups attached to an aromatic ring is 1. The van der Waals surface area contributed by atoms with Crippen molar-refractivity contribution < 1.29 is 4.74 Å². The lowest BCUT2D eigenvalue weighted by molar-refractivity contribution is 0.219. The summed E-state index contributed by atoms with van der Waals surface area (Å²) in [6.07, 6.45) is -0.107. The van der Waals surface area contributed by atoms with Crippen LogP contribution in [-0.4, -0.2) is 10.2 Å². The van der Waals surface area contributed by atoms with Gasteiger partial charge < -0.3 is 10.5 Å². The number of nitrogens with zero attached hydrogens (tertiary/aromatic N) is 1. The van der Waals surface area contributed by atoms with Gasteiger partial charge in [0.1, 0.15) is 11.9 Å². The molecule has 4 nitrogen and oxygen atoms in total. The van der Waals surface area contributed by atoms with Crippen molar-refractivity contribution in [2.75, 3.05) is 5.73 Å². The minimum Gasteiger partial charge on any atom is -0.484 e. The van der Waals surface area contributed by atoms with Crippen LogP contribution in [0, 0.1) is 13.8 Å². The second-order valence-corrected chi connectivity index (χ2v) is 5.81. The Hall–Kier alpha value is -2.75. The van der Waals surface area contributed by atoms with Gasteiger partial charge in [0.2, 0.25) is 0 Å². The molecular weight excluding hydrogens is 286 g/mol. The molecule has 1 aromatic heterocycles. The molecule has 0 bridgehead atoms. The summed E-state index contributed by atoms with van der Waals surface area (Å²) in [5.41, 5.74) is 11.6. The third-order valence-electron chi connectivity index (χ3n) is 3.95. The number of para-hydroxylation sites is 1. The van der Waals surface area contributed by atoms with Gasteiger partial charge in [-0.15, -0.1) is 0 Å². The fourth-order valence-corrected chi connectivity index (χ4v) is 2.57. The highest BCUT2D eigenvalue weighted by atomic mass is 16.5. The van der Waals surface area contributed by atoms with Crippen molar-refractivity contribution in [3.63, 3.8) is 0 Å². The number of anilines is 1. The van der Waals surface area contributed by atoms with Crippen LogP contribution < -0.4 is 10.5 Å². The lowest BCUT2D eigenvalue weighted by Crippen LogP contribution is -2.05. The molecule has 0 aliphatic carbocycles. The zero-order valence-corrected chi connectivity index (χ0v) is 13.6. The van der Waals surface area contributed by atoms with Gasteiger partial charge in [-0.1, -0.05) is 30.3 Å². The van der Waals surface area contributed by atoms with E-state index >= 15 is 0 Å². The van der Waals surface area contributed by atoms with Gasteiger partial charge in [0.05, 0.1) is 11.4 Å². The summed E-state index contributed by atoms with van der Waals surface area (Å²) in [4.78, 5) is 0. The molecule has 0 spiro atoms. The predicted molar refractivity (Wildman–Crippen MR) is 93.4 cm³/mol. The molecule has 3 aromatic rings. The molecule has 0 radical (unpaired) electrons. The van der Waals surface area contributed by atoms with E-state index in [4.69, 9.17) is 10.5 Å². The summed E-state index contributed by atoms with van der Waals surface area (Å²) >= 11 is 0. The van der Waals surface area contributed by atoms with E-state index in [1.165, 1.54) is 0 Å². The summed E-state index contributed by atoms with van der Waals surface area (Å²) in [5, 5.41) is 7.45. The second-order valence-electron chi connectivity index (χ2n) is 5.81. The van der Waals surface area contributed by atoms with Crippen molar-refractivity contribution in [2.24, 2.45) is 0 Å². The number of hydrogen-bond acceptors (Lipinski definition) is 3. The van der Waals surface area contributed by atoms with Crippen LogP contribution >= 0.6 is 0 Å². The highest BCUT2D eigenvalue weighted by Gasteiger charge is 2.14. The number of aryl methyl sites for hydroxylation is 2. The molecule has 0 amide bonds. The summed E-state index contributed by atoms with van der Waals surface area (Å²) in [5.74, 6) is 0.934. The maximum absolute atomic E-state index is 6.14. The van der Waals surface area contributed by atoms with Crippen LogP contribution in [0.5, 0.6) is 5.75 Å². The Bertz CT molecular complexity index is 785. The van der Waals surface area contributed by atoms with Gasteiger partial charge in [-0.3, -0.25) is 5.10 Å². The lowest BCUT2D eigenvalue weighted by Gasteiger charge is -2.17. The predicted octanol–water partition coefficient (Wildman–Crippen LogP) is 4.42. The molecule has 0 aliphatic heterocycles. The Labute approximate surface area is 136 Å². The molecule has 4 heteroatoms. The van der Waals surface area contributed by atoms with Crippen molar-refractivity contribution in [1.29, 1.82) is 0 Å². The fourth-order valence-electron chi connectivity index (χ4n) is 2.57. The maximum Gasteiger partial charge on any atom is 0.137 e. The molecule has 3 N–H and O–H groups in total. The Kier molecular flexibility index (Phi) is 4.06. The SMILES string of the molecule is Cc1cccc(C)c1OC(C)c1cc(-c2ccc(N)cc2)n[nH]1. The zero-order chi connectivity index (χ0) is 16.4. The van der Waals surface area contributed by atoms with Gasteiger partial charge in [-0.05, 0) is 50.1 Å². The molecular formula is C19H21N3O. The van der Waals surface area contributed by atoms with E-state index in [-0.39, 0.29) is 6.10 Å². The molecule has 0 saturated heterocycles. The summed E-state index contributed by atoms with van der Waals surface area (Å²) in [6.45, 7) is 6.13. The summed E-state index contributed by atoms with van der Waals surface area (Å²) < 4.78 is 6.14. The number of aromatic nitrogens is 2. The number of ether oxygens (including phenoxy) is 1. The van der Waals surface area contributed by atoms with E-state index in [1.54, 1.807) is 0 Å². The van der Waals surface area contributed by atoms with Crippen molar-refractivity contribution in [2.45, 2.75) is 26.9 Å². The average Bonchev–Trinajstić information content (AvgIpc) is 3.02. The number of hydrogen-bond donors (Lipinski definition) is 2. The number of rotatable bonds is 4. The zero-order valence-electron chi connectivity index (χ0n) is 13.6. The molecule has 2 aromatic carbocycles. The molecule has 0 saturated carbocycles. The van der Waals surface area contributed by atoms with E-state index in [0.717, 1.165) is 39.5 Å². The summed E-state index contributed by atoms with van der Waals surface area (Å²) in [7, 11) is 0. The highest BCUT2D eigenvalue weighted by Crippen LogP contribution is 2.29. The number of benzene rings is 2. The first-order valence-electron chi connectivity index (χ1n) is 7.68. The Morgan fingerprint density at radius 2 is 1.70 bits per heavy atom. The van der Waals surface area contributed by atoms with Crippen molar-refractivity contribution in [1.82, 2.24) is 10.2 Å². The first-order chi connectivity index (χ1) is 11.0. The molecule has 23 heavy (non-hydrogen) atoms. The number of aromatic amines is 1. The van der Waals surface area contributed by atoms with Crippen LogP contribution in [0.15, 0.2) is 48.5 Å². The standard InChI is InChI=1S/C19H21N3O/c1-12-5-4-6-13(2)19(12)23-14(3)17-11-18(22-21-17)15-7-9-16(20)10-8-15/h4-11,14H,20H2,1-3H3,(H,21,22).